The number of hydrogen-bond donors (Lipinski definition) is 2. The zero-order valence-corrected chi connectivity index (χ0v) is 25.4. The quantitative estimate of drug-likeness (QED) is 0.275. The maximum absolute atomic E-state index is 13.6. The summed E-state index contributed by atoms with van der Waals surface area (Å²) in [6.07, 6.45) is 3.41. The molecule has 3 aromatic rings. The van der Waals surface area contributed by atoms with Gasteiger partial charge in [-0.15, -0.1) is 0 Å². The molecular weight excluding hydrogens is 538 g/mol. The second-order valence-electron chi connectivity index (χ2n) is 11.4. The molecule has 1 atom stereocenters. The third kappa shape index (κ3) is 7.11. The van der Waals surface area contributed by atoms with Gasteiger partial charge >= 0.3 is 6.09 Å². The van der Waals surface area contributed by atoms with Crippen LogP contribution in [-0.2, 0) is 21.2 Å². The molecule has 9 nitrogen and oxygen atoms in total. The second-order valence-corrected chi connectivity index (χ2v) is 13.3. The summed E-state index contributed by atoms with van der Waals surface area (Å²) in [6, 6.07) is 18.3. The van der Waals surface area contributed by atoms with Crippen LogP contribution in [-0.4, -0.2) is 72.4 Å². The zero-order valence-electron chi connectivity index (χ0n) is 24.6. The Kier molecular flexibility index (Phi) is 9.11. The van der Waals surface area contributed by atoms with Crippen LogP contribution in [0.1, 0.15) is 50.3 Å². The van der Waals surface area contributed by atoms with Crippen LogP contribution in [0.5, 0.6) is 0 Å². The van der Waals surface area contributed by atoms with E-state index in [9.17, 15) is 18.6 Å². The Bertz CT molecular complexity index is 1460. The lowest BCUT2D eigenvalue weighted by atomic mass is 10.0. The summed E-state index contributed by atoms with van der Waals surface area (Å²) in [4.78, 5) is 16.8. The van der Waals surface area contributed by atoms with E-state index in [4.69, 9.17) is 4.74 Å². The standard InChI is InChI=1S/C31H41N5O4S/c1-23-13-15-26(16-14-23)41(38,39)36-21-18-27(29(36)33-5)28(32)35(20-17-24-10-7-6-8-11-24)25-12-9-19-34(22-25)30(37)40-31(2,3)4/h6-8,10-11,13-16,18,21,25,32-33H,9,12,17,19-20,22H2,1-5H3/t25-/m0/s1. The van der Waals surface area contributed by atoms with Crippen LogP contribution in [0.4, 0.5) is 10.6 Å². The molecule has 1 aromatic heterocycles. The minimum absolute atomic E-state index is 0.130. The Morgan fingerprint density at radius 1 is 1.10 bits per heavy atom. The highest BCUT2D eigenvalue weighted by Crippen LogP contribution is 2.28. The topological polar surface area (TPSA) is 108 Å². The van der Waals surface area contributed by atoms with Gasteiger partial charge in [0.15, 0.2) is 0 Å². The maximum atomic E-state index is 13.6. The predicted octanol–water partition coefficient (Wildman–Crippen LogP) is 5.34. The normalized spacial score (nSPS) is 15.8. The molecule has 2 heterocycles. The van der Waals surface area contributed by atoms with E-state index in [-0.39, 0.29) is 22.9 Å². The first-order valence-electron chi connectivity index (χ1n) is 14.0. The van der Waals surface area contributed by atoms with E-state index >= 15 is 0 Å². The molecule has 220 valence electrons. The SMILES string of the molecule is CNc1c(C(=N)N(CCc2ccccc2)[C@H]2CCCN(C(=O)OC(C)(C)C)C2)ccn1S(=O)(=O)c1ccc(C)cc1. The summed E-state index contributed by atoms with van der Waals surface area (Å²) in [5.41, 5.74) is 1.98. The van der Waals surface area contributed by atoms with Gasteiger partial charge in [0, 0.05) is 38.9 Å². The molecule has 0 bridgehead atoms. The molecule has 41 heavy (non-hydrogen) atoms. The van der Waals surface area contributed by atoms with Crippen molar-refractivity contribution >= 4 is 27.8 Å². The Balaban J connectivity index is 1.66. The van der Waals surface area contributed by atoms with Crippen molar-refractivity contribution in [3.8, 4) is 0 Å². The number of piperidine rings is 1. The number of nitrogens with zero attached hydrogens (tertiary/aromatic N) is 3. The zero-order chi connectivity index (χ0) is 29.8. The van der Waals surface area contributed by atoms with Crippen molar-refractivity contribution in [1.29, 1.82) is 5.41 Å². The number of aromatic nitrogens is 1. The van der Waals surface area contributed by atoms with Crippen LogP contribution in [0.3, 0.4) is 0 Å². The fourth-order valence-electron chi connectivity index (χ4n) is 5.10. The van der Waals surface area contributed by atoms with E-state index in [1.165, 1.54) is 10.2 Å². The summed E-state index contributed by atoms with van der Waals surface area (Å²) < 4.78 is 34.0. The minimum atomic E-state index is -3.88. The van der Waals surface area contributed by atoms with E-state index < -0.39 is 15.6 Å². The number of hydrogen-bond acceptors (Lipinski definition) is 6. The number of anilines is 1. The smallest absolute Gasteiger partial charge is 0.410 e. The number of ether oxygens (including phenoxy) is 1. The molecule has 0 unspecified atom stereocenters. The molecule has 0 aliphatic carbocycles. The number of nitrogens with one attached hydrogen (secondary N) is 2. The first-order valence-corrected chi connectivity index (χ1v) is 15.4. The van der Waals surface area contributed by atoms with Gasteiger partial charge in [0.2, 0.25) is 0 Å². The lowest BCUT2D eigenvalue weighted by Gasteiger charge is -2.41. The van der Waals surface area contributed by atoms with Crippen molar-refractivity contribution in [3.05, 3.63) is 83.6 Å². The van der Waals surface area contributed by atoms with E-state index in [0.29, 0.717) is 37.4 Å². The van der Waals surface area contributed by atoms with Gasteiger partial charge in [-0.3, -0.25) is 5.41 Å². The number of carbonyl (C=O) groups excluding carboxylic acids is 1. The molecule has 1 saturated heterocycles. The van der Waals surface area contributed by atoms with Gasteiger partial charge < -0.3 is 19.9 Å². The third-order valence-electron chi connectivity index (χ3n) is 7.18. The molecular formula is C31H41N5O4S. The minimum Gasteiger partial charge on any atom is -0.444 e. The second kappa shape index (κ2) is 12.4. The Morgan fingerprint density at radius 3 is 2.41 bits per heavy atom. The third-order valence-corrected chi connectivity index (χ3v) is 8.87. The Morgan fingerprint density at radius 2 is 1.78 bits per heavy atom. The van der Waals surface area contributed by atoms with Crippen molar-refractivity contribution in [2.45, 2.75) is 63.5 Å². The van der Waals surface area contributed by atoms with Gasteiger partial charge in [0.1, 0.15) is 17.3 Å². The van der Waals surface area contributed by atoms with Crippen LogP contribution in [0.25, 0.3) is 0 Å². The lowest BCUT2D eigenvalue weighted by molar-refractivity contribution is 0.0149. The summed E-state index contributed by atoms with van der Waals surface area (Å²) in [5, 5.41) is 12.4. The highest BCUT2D eigenvalue weighted by molar-refractivity contribution is 7.90. The fraction of sp³-hybridized carbons (Fsp3) is 0.419. The van der Waals surface area contributed by atoms with Crippen molar-refractivity contribution in [2.75, 3.05) is 32.0 Å². The summed E-state index contributed by atoms with van der Waals surface area (Å²) in [7, 11) is -2.23. The Labute approximate surface area is 243 Å². The predicted molar refractivity (Wildman–Crippen MR) is 162 cm³/mol. The van der Waals surface area contributed by atoms with Gasteiger partial charge in [0.25, 0.3) is 10.0 Å². The molecule has 2 N–H and O–H groups in total. The largest absolute Gasteiger partial charge is 0.444 e. The van der Waals surface area contributed by atoms with Crippen LogP contribution in [0.15, 0.2) is 71.8 Å². The van der Waals surface area contributed by atoms with Gasteiger partial charge in [-0.2, -0.15) is 0 Å². The number of benzene rings is 2. The average molecular weight is 580 g/mol. The molecule has 2 aromatic carbocycles. The summed E-state index contributed by atoms with van der Waals surface area (Å²) in [5.74, 6) is 0.527. The van der Waals surface area contributed by atoms with Crippen LogP contribution >= 0.6 is 0 Å². The molecule has 0 radical (unpaired) electrons. The van der Waals surface area contributed by atoms with Crippen molar-refractivity contribution in [2.24, 2.45) is 0 Å². The number of amidine groups is 1. The van der Waals surface area contributed by atoms with Gasteiger partial charge in [0.05, 0.1) is 10.5 Å². The van der Waals surface area contributed by atoms with Crippen LogP contribution < -0.4 is 5.32 Å². The van der Waals surface area contributed by atoms with E-state index in [2.05, 4.69) is 17.4 Å². The van der Waals surface area contributed by atoms with Crippen molar-refractivity contribution in [1.82, 2.24) is 13.8 Å². The van der Waals surface area contributed by atoms with E-state index in [0.717, 1.165) is 24.0 Å². The number of likely N-dealkylation sites (tertiary alicyclic amines) is 1. The van der Waals surface area contributed by atoms with Crippen LogP contribution in [0, 0.1) is 12.3 Å². The molecule has 1 fully saturated rings. The summed E-state index contributed by atoms with van der Waals surface area (Å²) in [6.45, 7) is 9.01. The highest BCUT2D eigenvalue weighted by atomic mass is 32.2. The van der Waals surface area contributed by atoms with Crippen LogP contribution in [0.2, 0.25) is 0 Å². The van der Waals surface area contributed by atoms with Gasteiger partial charge in [-0.25, -0.2) is 17.2 Å². The molecule has 1 aliphatic rings. The average Bonchev–Trinajstić information content (AvgIpc) is 3.38. The number of rotatable bonds is 8. The molecule has 0 spiro atoms. The van der Waals surface area contributed by atoms with Crippen molar-refractivity contribution in [3.63, 3.8) is 0 Å². The van der Waals surface area contributed by atoms with E-state index in [1.807, 2.05) is 50.8 Å². The number of carbonyl (C=O) groups is 1. The first-order chi connectivity index (χ1) is 19.4. The Hall–Kier alpha value is -3.79. The molecule has 1 aliphatic heterocycles. The molecule has 0 saturated carbocycles. The number of aryl methyl sites for hydroxylation is 1. The summed E-state index contributed by atoms with van der Waals surface area (Å²) >= 11 is 0. The lowest BCUT2D eigenvalue weighted by Crippen LogP contribution is -2.53. The van der Waals surface area contributed by atoms with Gasteiger partial charge in [-0.05, 0) is 70.7 Å². The molecule has 10 heteroatoms. The number of amides is 1. The highest BCUT2D eigenvalue weighted by Gasteiger charge is 2.33. The van der Waals surface area contributed by atoms with Gasteiger partial charge in [-0.1, -0.05) is 48.0 Å². The monoisotopic (exact) mass is 579 g/mol. The van der Waals surface area contributed by atoms with E-state index in [1.54, 1.807) is 42.3 Å². The van der Waals surface area contributed by atoms with Crippen molar-refractivity contribution < 1.29 is 17.9 Å². The molecule has 1 amide bonds. The molecule has 4 rings (SSSR count). The fourth-order valence-corrected chi connectivity index (χ4v) is 6.46. The first kappa shape index (κ1) is 30.2. The maximum Gasteiger partial charge on any atom is 0.410 e.